The SMILES string of the molecule is CCc1nn(-c2ccccc2)c(Oc2ccc(F)cc2)c1CN(C[C@@H](O)COC)C(C)C. The number of methoxy groups -OCH3 is 1. The number of aromatic nitrogens is 2. The zero-order valence-electron chi connectivity index (χ0n) is 19.2. The molecule has 0 aliphatic rings. The van der Waals surface area contributed by atoms with Gasteiger partial charge >= 0.3 is 0 Å². The maximum absolute atomic E-state index is 13.4. The Balaban J connectivity index is 2.04. The molecule has 3 rings (SSSR count). The average Bonchev–Trinajstić information content (AvgIpc) is 3.12. The highest BCUT2D eigenvalue weighted by Crippen LogP contribution is 2.32. The molecule has 6 nitrogen and oxygen atoms in total. The van der Waals surface area contributed by atoms with Gasteiger partial charge in [-0.3, -0.25) is 4.90 Å². The van der Waals surface area contributed by atoms with Crippen LogP contribution in [0.25, 0.3) is 5.69 Å². The number of aryl methyl sites for hydroxylation is 1. The summed E-state index contributed by atoms with van der Waals surface area (Å²) in [6.07, 6.45) is 0.125. The lowest BCUT2D eigenvalue weighted by atomic mass is 10.1. The molecular formula is C25H32FN3O3. The Bertz CT molecular complexity index is 974. The van der Waals surface area contributed by atoms with Crippen LogP contribution in [0.5, 0.6) is 11.6 Å². The van der Waals surface area contributed by atoms with Crippen molar-refractivity contribution in [2.24, 2.45) is 0 Å². The minimum Gasteiger partial charge on any atom is -0.439 e. The van der Waals surface area contributed by atoms with Crippen molar-refractivity contribution < 1.29 is 19.0 Å². The number of nitrogens with zero attached hydrogens (tertiary/aromatic N) is 3. The van der Waals surface area contributed by atoms with Crippen molar-refractivity contribution in [1.82, 2.24) is 14.7 Å². The van der Waals surface area contributed by atoms with Gasteiger partial charge in [0.05, 0.1) is 29.7 Å². The topological polar surface area (TPSA) is 59.8 Å². The Labute approximate surface area is 189 Å². The molecule has 0 spiro atoms. The number of hydrogen-bond acceptors (Lipinski definition) is 5. The highest BCUT2D eigenvalue weighted by Gasteiger charge is 2.24. The van der Waals surface area contributed by atoms with Crippen LogP contribution in [0.15, 0.2) is 54.6 Å². The molecule has 7 heteroatoms. The first kappa shape index (κ1) is 23.9. The lowest BCUT2D eigenvalue weighted by molar-refractivity contribution is 0.0277. The van der Waals surface area contributed by atoms with Gasteiger partial charge in [-0.15, -0.1) is 0 Å². The zero-order valence-corrected chi connectivity index (χ0v) is 19.2. The van der Waals surface area contributed by atoms with Crippen LogP contribution in [0.2, 0.25) is 0 Å². The van der Waals surface area contributed by atoms with Crippen molar-refractivity contribution in [2.75, 3.05) is 20.3 Å². The van der Waals surface area contributed by atoms with Crippen molar-refractivity contribution in [3.8, 4) is 17.3 Å². The molecule has 0 amide bonds. The van der Waals surface area contributed by atoms with Gasteiger partial charge in [0, 0.05) is 26.2 Å². The van der Waals surface area contributed by atoms with Crippen LogP contribution in [0.1, 0.15) is 32.0 Å². The fraction of sp³-hybridized carbons (Fsp3) is 0.400. The summed E-state index contributed by atoms with van der Waals surface area (Å²) in [5.41, 5.74) is 2.73. The van der Waals surface area contributed by atoms with Crippen molar-refractivity contribution in [2.45, 2.75) is 45.9 Å². The van der Waals surface area contributed by atoms with Crippen molar-refractivity contribution in [3.05, 3.63) is 71.7 Å². The van der Waals surface area contributed by atoms with E-state index in [0.717, 1.165) is 23.4 Å². The van der Waals surface area contributed by atoms with E-state index >= 15 is 0 Å². The number of aliphatic hydroxyl groups excluding tert-OH is 1. The number of rotatable bonds is 11. The molecule has 0 fully saturated rings. The maximum Gasteiger partial charge on any atom is 0.227 e. The molecule has 0 radical (unpaired) electrons. The summed E-state index contributed by atoms with van der Waals surface area (Å²) in [4.78, 5) is 2.17. The number of ether oxygens (including phenoxy) is 2. The summed E-state index contributed by atoms with van der Waals surface area (Å²) in [5.74, 6) is 0.802. The molecule has 0 aliphatic heterocycles. The van der Waals surface area contributed by atoms with E-state index in [4.69, 9.17) is 14.6 Å². The summed E-state index contributed by atoms with van der Waals surface area (Å²) < 4.78 is 26.6. The van der Waals surface area contributed by atoms with Crippen molar-refractivity contribution in [3.63, 3.8) is 0 Å². The minimum atomic E-state index is -0.599. The third kappa shape index (κ3) is 5.94. The molecular weight excluding hydrogens is 409 g/mol. The van der Waals surface area contributed by atoms with Crippen molar-refractivity contribution >= 4 is 0 Å². The van der Waals surface area contributed by atoms with Crippen LogP contribution in [-0.2, 0) is 17.7 Å². The van der Waals surface area contributed by atoms with Gasteiger partial charge in [0.1, 0.15) is 11.6 Å². The van der Waals surface area contributed by atoms with E-state index in [-0.39, 0.29) is 18.5 Å². The Hall–Kier alpha value is -2.74. The quantitative estimate of drug-likeness (QED) is 0.472. The summed E-state index contributed by atoms with van der Waals surface area (Å²) >= 11 is 0. The number of halogens is 1. The second kappa shape index (κ2) is 11.2. The highest BCUT2D eigenvalue weighted by atomic mass is 19.1. The van der Waals surface area contributed by atoms with Gasteiger partial charge in [-0.2, -0.15) is 5.10 Å². The Morgan fingerprint density at radius 2 is 1.78 bits per heavy atom. The predicted molar refractivity (Wildman–Crippen MR) is 123 cm³/mol. The largest absolute Gasteiger partial charge is 0.439 e. The molecule has 1 aromatic heterocycles. The smallest absolute Gasteiger partial charge is 0.227 e. The molecule has 0 saturated carbocycles. The number of aliphatic hydroxyl groups is 1. The molecule has 1 N–H and O–H groups in total. The maximum atomic E-state index is 13.4. The van der Waals surface area contributed by atoms with Gasteiger partial charge in [-0.05, 0) is 56.7 Å². The summed E-state index contributed by atoms with van der Waals surface area (Å²) in [6, 6.07) is 15.9. The molecule has 3 aromatic rings. The standard InChI is InChI=1S/C25H32FN3O3/c1-5-24-23(16-28(18(2)3)15-21(30)17-31-4)25(32-22-13-11-19(26)12-14-22)29(27-24)20-9-7-6-8-10-20/h6-14,18,21,30H,5,15-17H2,1-4H3/t21-/m1/s1. The van der Waals surface area contributed by atoms with E-state index in [9.17, 15) is 9.50 Å². The molecule has 1 atom stereocenters. The second-order valence-corrected chi connectivity index (χ2v) is 8.02. The normalized spacial score (nSPS) is 12.5. The molecule has 2 aromatic carbocycles. The lowest BCUT2D eigenvalue weighted by Gasteiger charge is -2.28. The Morgan fingerprint density at radius 1 is 1.09 bits per heavy atom. The molecule has 172 valence electrons. The lowest BCUT2D eigenvalue weighted by Crippen LogP contribution is -2.38. The molecule has 0 unspecified atom stereocenters. The van der Waals surface area contributed by atoms with E-state index in [1.807, 2.05) is 30.3 Å². The fourth-order valence-electron chi connectivity index (χ4n) is 3.56. The molecule has 32 heavy (non-hydrogen) atoms. The first-order chi connectivity index (χ1) is 15.4. The van der Waals surface area contributed by atoms with Crippen LogP contribution in [0, 0.1) is 5.82 Å². The van der Waals surface area contributed by atoms with Gasteiger partial charge in [-0.25, -0.2) is 9.07 Å². The number of benzene rings is 2. The third-order valence-corrected chi connectivity index (χ3v) is 5.28. The molecule has 0 aliphatic carbocycles. The molecule has 1 heterocycles. The van der Waals surface area contributed by atoms with Gasteiger partial charge in [0.25, 0.3) is 0 Å². The van der Waals surface area contributed by atoms with Crippen LogP contribution < -0.4 is 4.74 Å². The highest BCUT2D eigenvalue weighted by molar-refractivity contribution is 5.43. The second-order valence-electron chi connectivity index (χ2n) is 8.02. The monoisotopic (exact) mass is 441 g/mol. The Kier molecular flexibility index (Phi) is 8.39. The summed E-state index contributed by atoms with van der Waals surface area (Å²) in [7, 11) is 1.58. The number of para-hydroxylation sites is 1. The van der Waals surface area contributed by atoms with Gasteiger partial charge < -0.3 is 14.6 Å². The van der Waals surface area contributed by atoms with E-state index in [1.54, 1.807) is 23.9 Å². The summed E-state index contributed by atoms with van der Waals surface area (Å²) in [6.45, 7) is 7.51. The van der Waals surface area contributed by atoms with E-state index in [2.05, 4.69) is 25.7 Å². The first-order valence-electron chi connectivity index (χ1n) is 10.9. The minimum absolute atomic E-state index is 0.185. The Morgan fingerprint density at radius 3 is 2.38 bits per heavy atom. The fourth-order valence-corrected chi connectivity index (χ4v) is 3.56. The summed E-state index contributed by atoms with van der Waals surface area (Å²) in [5, 5.41) is 15.2. The predicted octanol–water partition coefficient (Wildman–Crippen LogP) is 4.58. The van der Waals surface area contributed by atoms with Crippen molar-refractivity contribution in [1.29, 1.82) is 0 Å². The van der Waals surface area contributed by atoms with E-state index in [0.29, 0.717) is 24.7 Å². The zero-order chi connectivity index (χ0) is 23.1. The number of hydrogen-bond donors (Lipinski definition) is 1. The van der Waals surface area contributed by atoms with Crippen LogP contribution in [0.4, 0.5) is 4.39 Å². The van der Waals surface area contributed by atoms with Gasteiger partial charge in [0.2, 0.25) is 5.88 Å². The van der Waals surface area contributed by atoms with Gasteiger partial charge in [0.15, 0.2) is 0 Å². The molecule has 0 saturated heterocycles. The third-order valence-electron chi connectivity index (χ3n) is 5.28. The van der Waals surface area contributed by atoms with Crippen LogP contribution >= 0.6 is 0 Å². The van der Waals surface area contributed by atoms with Crippen LogP contribution in [0.3, 0.4) is 0 Å². The van der Waals surface area contributed by atoms with Gasteiger partial charge in [-0.1, -0.05) is 25.1 Å². The van der Waals surface area contributed by atoms with E-state index in [1.165, 1.54) is 12.1 Å². The van der Waals surface area contributed by atoms with Crippen LogP contribution in [-0.4, -0.2) is 52.2 Å². The first-order valence-corrected chi connectivity index (χ1v) is 10.9. The van der Waals surface area contributed by atoms with E-state index < -0.39 is 6.10 Å². The molecule has 0 bridgehead atoms. The average molecular weight is 442 g/mol.